The number of carbonyl (C=O) groups is 2. The third kappa shape index (κ3) is 3.40. The van der Waals surface area contributed by atoms with Crippen LogP contribution in [-0.2, 0) is 4.79 Å². The number of rotatable bonds is 3. The lowest BCUT2D eigenvalue weighted by molar-refractivity contribution is -0.139. The molecular weight excluding hydrogens is 208 g/mol. The van der Waals surface area contributed by atoms with Gasteiger partial charge in [-0.15, -0.1) is 0 Å². The van der Waals surface area contributed by atoms with Crippen LogP contribution >= 0.6 is 0 Å². The monoisotopic (exact) mass is 228 g/mol. The average molecular weight is 228 g/mol. The zero-order valence-electron chi connectivity index (χ0n) is 9.90. The van der Waals surface area contributed by atoms with Crippen molar-refractivity contribution in [2.45, 2.75) is 39.2 Å². The Hall–Kier alpha value is -1.26. The van der Waals surface area contributed by atoms with Gasteiger partial charge in [-0.05, 0) is 25.2 Å². The Labute approximate surface area is 95.8 Å². The van der Waals surface area contributed by atoms with Crippen molar-refractivity contribution in [2.75, 3.05) is 13.1 Å². The second kappa shape index (κ2) is 5.72. The largest absolute Gasteiger partial charge is 0.480 e. The summed E-state index contributed by atoms with van der Waals surface area (Å²) in [7, 11) is 0. The number of urea groups is 1. The van der Waals surface area contributed by atoms with Gasteiger partial charge in [0.1, 0.15) is 6.04 Å². The lowest BCUT2D eigenvalue weighted by Gasteiger charge is -2.31. The predicted octanol–water partition coefficient (Wildman–Crippen LogP) is 1.29. The number of carboxylic acids is 1. The molecule has 2 atom stereocenters. The number of nitrogens with zero attached hydrogens (tertiary/aromatic N) is 1. The Morgan fingerprint density at radius 3 is 2.75 bits per heavy atom. The smallest absolute Gasteiger partial charge is 0.326 e. The van der Waals surface area contributed by atoms with Gasteiger partial charge >= 0.3 is 12.0 Å². The van der Waals surface area contributed by atoms with Gasteiger partial charge in [0.25, 0.3) is 0 Å². The normalized spacial score (nSPS) is 22.6. The average Bonchev–Trinajstić information content (AvgIpc) is 2.25. The minimum Gasteiger partial charge on any atom is -0.480 e. The zero-order chi connectivity index (χ0) is 12.1. The van der Waals surface area contributed by atoms with Gasteiger partial charge in [0.2, 0.25) is 0 Å². The van der Waals surface area contributed by atoms with E-state index in [2.05, 4.69) is 12.2 Å². The molecule has 92 valence electrons. The fraction of sp³-hybridized carbons (Fsp3) is 0.818. The number of hydrogen-bond donors (Lipinski definition) is 2. The molecule has 0 spiro atoms. The van der Waals surface area contributed by atoms with Crippen LogP contribution in [0, 0.1) is 5.92 Å². The van der Waals surface area contributed by atoms with Crippen molar-refractivity contribution in [3.05, 3.63) is 0 Å². The van der Waals surface area contributed by atoms with Crippen LogP contribution in [0.3, 0.4) is 0 Å². The quantitative estimate of drug-likeness (QED) is 0.764. The van der Waals surface area contributed by atoms with Gasteiger partial charge < -0.3 is 15.3 Å². The highest BCUT2D eigenvalue weighted by Gasteiger charge is 2.24. The molecule has 0 aromatic carbocycles. The van der Waals surface area contributed by atoms with Gasteiger partial charge in [0.15, 0.2) is 0 Å². The van der Waals surface area contributed by atoms with Gasteiger partial charge in [-0.25, -0.2) is 9.59 Å². The van der Waals surface area contributed by atoms with Crippen LogP contribution in [-0.4, -0.2) is 41.1 Å². The summed E-state index contributed by atoms with van der Waals surface area (Å²) in [6, 6.07) is -1.02. The first-order valence-electron chi connectivity index (χ1n) is 5.82. The van der Waals surface area contributed by atoms with Crippen LogP contribution in [0.5, 0.6) is 0 Å². The molecule has 1 saturated heterocycles. The van der Waals surface area contributed by atoms with E-state index in [0.717, 1.165) is 25.9 Å². The first-order chi connectivity index (χ1) is 7.54. The number of carbonyl (C=O) groups excluding carboxylic acids is 1. The standard InChI is InChI=1S/C11H20N2O3/c1-3-9(10(14)15)12-11(16)13-6-4-5-8(2)7-13/h8-9H,3-7H2,1-2H3,(H,12,16)(H,14,15). The lowest BCUT2D eigenvalue weighted by Crippen LogP contribution is -2.50. The van der Waals surface area contributed by atoms with E-state index in [-0.39, 0.29) is 6.03 Å². The van der Waals surface area contributed by atoms with Gasteiger partial charge in [-0.1, -0.05) is 13.8 Å². The summed E-state index contributed by atoms with van der Waals surface area (Å²) < 4.78 is 0. The highest BCUT2D eigenvalue weighted by atomic mass is 16.4. The SMILES string of the molecule is CCC(NC(=O)N1CCCC(C)C1)C(=O)O. The Kier molecular flexibility index (Phi) is 4.58. The molecule has 0 saturated carbocycles. The maximum absolute atomic E-state index is 11.8. The molecule has 16 heavy (non-hydrogen) atoms. The van der Waals surface area contributed by atoms with Gasteiger partial charge in [0, 0.05) is 13.1 Å². The summed E-state index contributed by atoms with van der Waals surface area (Å²) in [5.41, 5.74) is 0. The van der Waals surface area contributed by atoms with Gasteiger partial charge in [0.05, 0.1) is 0 Å². The van der Waals surface area contributed by atoms with E-state index in [4.69, 9.17) is 5.11 Å². The van der Waals surface area contributed by atoms with Crippen molar-refractivity contribution >= 4 is 12.0 Å². The van der Waals surface area contributed by atoms with Gasteiger partial charge in [-0.2, -0.15) is 0 Å². The zero-order valence-corrected chi connectivity index (χ0v) is 9.90. The van der Waals surface area contributed by atoms with E-state index in [1.807, 2.05) is 0 Å². The minimum atomic E-state index is -0.971. The van der Waals surface area contributed by atoms with Gasteiger partial charge in [-0.3, -0.25) is 0 Å². The van der Waals surface area contributed by atoms with E-state index in [0.29, 0.717) is 12.3 Å². The van der Waals surface area contributed by atoms with E-state index in [9.17, 15) is 9.59 Å². The van der Waals surface area contributed by atoms with Crippen molar-refractivity contribution in [1.82, 2.24) is 10.2 Å². The van der Waals surface area contributed by atoms with Crippen LogP contribution in [0.1, 0.15) is 33.1 Å². The number of hydrogen-bond acceptors (Lipinski definition) is 2. The van der Waals surface area contributed by atoms with Crippen LogP contribution in [0.4, 0.5) is 4.79 Å². The van der Waals surface area contributed by atoms with Crippen molar-refractivity contribution in [3.8, 4) is 0 Å². The Morgan fingerprint density at radius 1 is 1.56 bits per heavy atom. The second-order valence-electron chi connectivity index (χ2n) is 4.44. The number of carboxylic acid groups (broad SMARTS) is 1. The summed E-state index contributed by atoms with van der Waals surface area (Å²) >= 11 is 0. The molecule has 1 aliphatic rings. The van der Waals surface area contributed by atoms with E-state index < -0.39 is 12.0 Å². The predicted molar refractivity (Wildman–Crippen MR) is 60.2 cm³/mol. The van der Waals surface area contributed by atoms with Crippen molar-refractivity contribution in [2.24, 2.45) is 5.92 Å². The molecule has 5 nitrogen and oxygen atoms in total. The Balaban J connectivity index is 2.47. The van der Waals surface area contributed by atoms with Crippen molar-refractivity contribution in [3.63, 3.8) is 0 Å². The van der Waals surface area contributed by atoms with Crippen LogP contribution in [0.2, 0.25) is 0 Å². The molecule has 0 aromatic rings. The summed E-state index contributed by atoms with van der Waals surface area (Å²) in [4.78, 5) is 24.3. The number of likely N-dealkylation sites (tertiary alicyclic amines) is 1. The lowest BCUT2D eigenvalue weighted by atomic mass is 10.0. The van der Waals surface area contributed by atoms with Crippen molar-refractivity contribution < 1.29 is 14.7 Å². The summed E-state index contributed by atoms with van der Waals surface area (Å²) in [6.45, 7) is 5.31. The minimum absolute atomic E-state index is 0.249. The molecule has 5 heteroatoms. The molecular formula is C11H20N2O3. The molecule has 1 fully saturated rings. The van der Waals surface area contributed by atoms with Crippen LogP contribution < -0.4 is 5.32 Å². The molecule has 0 aromatic heterocycles. The maximum atomic E-state index is 11.8. The fourth-order valence-corrected chi connectivity index (χ4v) is 1.95. The molecule has 1 rings (SSSR count). The maximum Gasteiger partial charge on any atom is 0.326 e. The molecule has 0 bridgehead atoms. The molecule has 0 radical (unpaired) electrons. The number of nitrogens with one attached hydrogen (secondary N) is 1. The molecule has 2 unspecified atom stereocenters. The number of aliphatic carboxylic acids is 1. The number of piperidine rings is 1. The third-order valence-electron chi connectivity index (χ3n) is 2.95. The molecule has 1 heterocycles. The summed E-state index contributed by atoms with van der Waals surface area (Å²) in [6.07, 6.45) is 2.54. The highest BCUT2D eigenvalue weighted by Crippen LogP contribution is 2.15. The number of amides is 2. The molecule has 0 aliphatic carbocycles. The Morgan fingerprint density at radius 2 is 2.25 bits per heavy atom. The van der Waals surface area contributed by atoms with E-state index in [1.54, 1.807) is 11.8 Å². The third-order valence-corrected chi connectivity index (χ3v) is 2.95. The first-order valence-corrected chi connectivity index (χ1v) is 5.82. The topological polar surface area (TPSA) is 69.6 Å². The molecule has 2 amide bonds. The van der Waals surface area contributed by atoms with Crippen LogP contribution in [0.25, 0.3) is 0 Å². The fourth-order valence-electron chi connectivity index (χ4n) is 1.95. The second-order valence-corrected chi connectivity index (χ2v) is 4.44. The highest BCUT2D eigenvalue weighted by molar-refractivity contribution is 5.82. The Bertz CT molecular complexity index is 268. The van der Waals surface area contributed by atoms with E-state index >= 15 is 0 Å². The molecule has 2 N–H and O–H groups in total. The first kappa shape index (κ1) is 12.8. The molecule has 1 aliphatic heterocycles. The summed E-state index contributed by atoms with van der Waals surface area (Å²) in [5.74, 6) is -0.467. The van der Waals surface area contributed by atoms with Crippen LogP contribution in [0.15, 0.2) is 0 Å². The van der Waals surface area contributed by atoms with Crippen molar-refractivity contribution in [1.29, 1.82) is 0 Å². The van der Waals surface area contributed by atoms with E-state index in [1.165, 1.54) is 0 Å². The summed E-state index contributed by atoms with van der Waals surface area (Å²) in [5, 5.41) is 11.4.